The number of esters is 1. The number of hydrogen-bond acceptors (Lipinski definition) is 12. The third-order valence-electron chi connectivity index (χ3n) is 5.60. The van der Waals surface area contributed by atoms with Crippen LogP contribution in [0.2, 0.25) is 0 Å². The van der Waals surface area contributed by atoms with Gasteiger partial charge in [-0.1, -0.05) is 0 Å². The number of halogens is 1. The summed E-state index contributed by atoms with van der Waals surface area (Å²) in [6.45, 7) is 7.25. The van der Waals surface area contributed by atoms with Crippen molar-refractivity contribution in [2.45, 2.75) is 52.0 Å². The van der Waals surface area contributed by atoms with Crippen LogP contribution in [-0.4, -0.2) is 74.5 Å². The van der Waals surface area contributed by atoms with Crippen LogP contribution in [0.15, 0.2) is 30.0 Å². The summed E-state index contributed by atoms with van der Waals surface area (Å²) < 4.78 is 31.2. The topological polar surface area (TPSA) is 152 Å². The van der Waals surface area contributed by atoms with Gasteiger partial charge in [-0.2, -0.15) is 10.2 Å². The summed E-state index contributed by atoms with van der Waals surface area (Å²) in [6.07, 6.45) is -1.35. The van der Waals surface area contributed by atoms with Crippen LogP contribution >= 0.6 is 11.3 Å². The van der Waals surface area contributed by atoms with E-state index in [-0.39, 0.29) is 54.9 Å². The molecule has 1 aliphatic heterocycles. The van der Waals surface area contributed by atoms with Crippen LogP contribution in [0.5, 0.6) is 5.75 Å². The molecule has 0 saturated carbocycles. The Kier molecular flexibility index (Phi) is 8.73. The number of carbonyl (C=O) groups is 2. The van der Waals surface area contributed by atoms with Gasteiger partial charge < -0.3 is 24.4 Å². The number of aromatic nitrogens is 4. The summed E-state index contributed by atoms with van der Waals surface area (Å²) in [4.78, 5) is 42.4. The number of thiazole rings is 1. The van der Waals surface area contributed by atoms with E-state index in [1.807, 2.05) is 0 Å². The lowest BCUT2D eigenvalue weighted by atomic mass is 10.1. The largest absolute Gasteiger partial charge is 0.486 e. The first-order valence-electron chi connectivity index (χ1n) is 12.5. The minimum absolute atomic E-state index is 0.116. The molecule has 14 heteroatoms. The number of anilines is 2. The average molecular weight is 570 g/mol. The standard InChI is InChI=1S/C26H28FN7O5S/c1-5-37-23(35)20-22(40-14-31-20)33-24-30-13-29-21(32-24)15-6-7-18(16(10-15)11-28)38-19-8-9-34(12-17(19)27)25(36)39-26(2,3)4/h6-7,10,13-14,17,19H,5,8-9,12H2,1-4H3,(H,29,30,32,33)/t17-,19+/m1/s1. The van der Waals surface area contributed by atoms with Gasteiger partial charge in [-0.15, -0.1) is 11.3 Å². The highest BCUT2D eigenvalue weighted by molar-refractivity contribution is 7.14. The summed E-state index contributed by atoms with van der Waals surface area (Å²) in [5.41, 5.74) is 1.60. The van der Waals surface area contributed by atoms with Crippen LogP contribution in [0.25, 0.3) is 11.4 Å². The molecule has 1 aromatic carbocycles. The monoisotopic (exact) mass is 569 g/mol. The lowest BCUT2D eigenvalue weighted by molar-refractivity contribution is -0.0106. The van der Waals surface area contributed by atoms with Crippen molar-refractivity contribution in [3.63, 3.8) is 0 Å². The van der Waals surface area contributed by atoms with Crippen molar-refractivity contribution in [3.05, 3.63) is 41.3 Å². The number of ether oxygens (including phenoxy) is 3. The summed E-state index contributed by atoms with van der Waals surface area (Å²) in [7, 11) is 0. The average Bonchev–Trinajstić information content (AvgIpc) is 3.37. The van der Waals surface area contributed by atoms with Gasteiger partial charge in [0.25, 0.3) is 0 Å². The summed E-state index contributed by atoms with van der Waals surface area (Å²) in [6, 6.07) is 6.81. The van der Waals surface area contributed by atoms with Crippen molar-refractivity contribution in [1.82, 2.24) is 24.8 Å². The Morgan fingerprint density at radius 1 is 1.27 bits per heavy atom. The molecule has 0 radical (unpaired) electrons. The highest BCUT2D eigenvalue weighted by Gasteiger charge is 2.35. The maximum absolute atomic E-state index is 15.0. The minimum Gasteiger partial charge on any atom is -0.486 e. The molecule has 3 heterocycles. The zero-order valence-electron chi connectivity index (χ0n) is 22.4. The Balaban J connectivity index is 1.45. The number of nitriles is 1. The smallest absolute Gasteiger partial charge is 0.410 e. The first kappa shape index (κ1) is 28.6. The van der Waals surface area contributed by atoms with Crippen LogP contribution in [0, 0.1) is 11.3 Å². The molecule has 1 saturated heterocycles. The number of alkyl halides is 1. The quantitative estimate of drug-likeness (QED) is 0.400. The molecule has 210 valence electrons. The van der Waals surface area contributed by atoms with Gasteiger partial charge >= 0.3 is 12.1 Å². The number of likely N-dealkylation sites (tertiary alicyclic amines) is 1. The van der Waals surface area contributed by atoms with Crippen LogP contribution < -0.4 is 10.1 Å². The van der Waals surface area contributed by atoms with E-state index in [2.05, 4.69) is 31.3 Å². The first-order valence-corrected chi connectivity index (χ1v) is 13.4. The second-order valence-corrected chi connectivity index (χ2v) is 10.6. The van der Waals surface area contributed by atoms with Crippen molar-refractivity contribution >= 4 is 34.3 Å². The fourth-order valence-corrected chi connectivity index (χ4v) is 4.47. The fourth-order valence-electron chi connectivity index (χ4n) is 3.81. The van der Waals surface area contributed by atoms with Crippen LogP contribution in [0.3, 0.4) is 0 Å². The molecular formula is C26H28FN7O5S. The Bertz CT molecular complexity index is 1420. The van der Waals surface area contributed by atoms with Crippen LogP contribution in [0.1, 0.15) is 50.2 Å². The SMILES string of the molecule is CCOC(=O)c1ncsc1Nc1ncnc(-c2ccc(O[C@H]3CCN(C(=O)OC(C)(C)C)C[C@H]3F)c(C#N)c2)n1. The Hall–Kier alpha value is -4.38. The number of carbonyl (C=O) groups excluding carboxylic acids is 2. The molecule has 4 rings (SSSR count). The summed E-state index contributed by atoms with van der Waals surface area (Å²) in [5, 5.41) is 13.1. The van der Waals surface area contributed by atoms with Gasteiger partial charge in [0.2, 0.25) is 5.95 Å². The number of piperidine rings is 1. The highest BCUT2D eigenvalue weighted by Crippen LogP contribution is 2.29. The van der Waals surface area contributed by atoms with E-state index in [4.69, 9.17) is 14.2 Å². The van der Waals surface area contributed by atoms with Crippen LogP contribution in [0.4, 0.5) is 20.1 Å². The molecule has 2 aromatic heterocycles. The molecule has 40 heavy (non-hydrogen) atoms. The second kappa shape index (κ2) is 12.2. The normalized spacial score (nSPS) is 17.1. The van der Waals surface area contributed by atoms with Gasteiger partial charge in [-0.3, -0.25) is 0 Å². The third-order valence-corrected chi connectivity index (χ3v) is 6.35. The van der Waals surface area contributed by atoms with E-state index in [1.54, 1.807) is 39.8 Å². The molecule has 1 aliphatic rings. The highest BCUT2D eigenvalue weighted by atomic mass is 32.1. The van der Waals surface area contributed by atoms with Crippen LogP contribution in [-0.2, 0) is 9.47 Å². The summed E-state index contributed by atoms with van der Waals surface area (Å²) >= 11 is 1.19. The number of rotatable bonds is 7. The number of benzene rings is 1. The molecule has 0 spiro atoms. The van der Waals surface area contributed by atoms with Crippen molar-refractivity contribution in [1.29, 1.82) is 5.26 Å². The molecule has 0 unspecified atom stereocenters. The predicted molar refractivity (Wildman–Crippen MR) is 143 cm³/mol. The van der Waals surface area contributed by atoms with E-state index < -0.39 is 29.9 Å². The number of hydrogen-bond donors (Lipinski definition) is 1. The van der Waals surface area contributed by atoms with Crippen molar-refractivity contribution < 1.29 is 28.2 Å². The second-order valence-electron chi connectivity index (χ2n) is 9.72. The van der Waals surface area contributed by atoms with Gasteiger partial charge in [-0.05, 0) is 45.9 Å². The van der Waals surface area contributed by atoms with Gasteiger partial charge in [0.05, 0.1) is 24.2 Å². The molecule has 2 atom stereocenters. The maximum Gasteiger partial charge on any atom is 0.410 e. The van der Waals surface area contributed by atoms with E-state index >= 15 is 0 Å². The van der Waals surface area contributed by atoms with E-state index in [9.17, 15) is 19.2 Å². The van der Waals surface area contributed by atoms with E-state index in [0.29, 0.717) is 10.6 Å². The Labute approximate surface area is 234 Å². The minimum atomic E-state index is -1.46. The number of amides is 1. The van der Waals surface area contributed by atoms with E-state index in [0.717, 1.165) is 0 Å². The molecule has 12 nitrogen and oxygen atoms in total. The van der Waals surface area contributed by atoms with Gasteiger partial charge in [0.1, 0.15) is 34.9 Å². The Morgan fingerprint density at radius 3 is 2.77 bits per heavy atom. The lowest BCUT2D eigenvalue weighted by Gasteiger charge is -2.35. The van der Waals surface area contributed by atoms with Crippen molar-refractivity contribution in [2.75, 3.05) is 25.0 Å². The molecule has 1 fully saturated rings. The first-order chi connectivity index (χ1) is 19.1. The molecule has 0 bridgehead atoms. The molecule has 3 aromatic rings. The molecule has 1 amide bonds. The van der Waals surface area contributed by atoms with Gasteiger partial charge in [0.15, 0.2) is 17.7 Å². The van der Waals surface area contributed by atoms with Gasteiger partial charge in [-0.25, -0.2) is 28.9 Å². The van der Waals surface area contributed by atoms with Crippen molar-refractivity contribution in [2.24, 2.45) is 0 Å². The number of nitrogens with one attached hydrogen (secondary N) is 1. The maximum atomic E-state index is 15.0. The van der Waals surface area contributed by atoms with Gasteiger partial charge in [0, 0.05) is 18.5 Å². The molecule has 0 aliphatic carbocycles. The van der Waals surface area contributed by atoms with E-state index in [1.165, 1.54) is 34.1 Å². The summed E-state index contributed by atoms with van der Waals surface area (Å²) in [5.74, 6) is 0.0639. The lowest BCUT2D eigenvalue weighted by Crippen LogP contribution is -2.50. The third kappa shape index (κ3) is 6.97. The molecular weight excluding hydrogens is 541 g/mol. The number of nitrogens with zero attached hydrogens (tertiary/aromatic N) is 6. The van der Waals surface area contributed by atoms with Crippen molar-refractivity contribution in [3.8, 4) is 23.2 Å². The molecule has 1 N–H and O–H groups in total. The zero-order valence-corrected chi connectivity index (χ0v) is 23.2. The zero-order chi connectivity index (χ0) is 28.9. The fraction of sp³-hybridized carbons (Fsp3) is 0.423. The Morgan fingerprint density at radius 2 is 2.08 bits per heavy atom. The predicted octanol–water partition coefficient (Wildman–Crippen LogP) is 4.51.